The van der Waals surface area contributed by atoms with Gasteiger partial charge >= 0.3 is 5.97 Å². The number of carbonyl (C=O) groups is 2. The molecule has 1 atom stereocenters. The molecule has 0 radical (unpaired) electrons. The number of benzene rings is 1. The summed E-state index contributed by atoms with van der Waals surface area (Å²) in [5.41, 5.74) is 1.03. The van der Waals surface area contributed by atoms with Crippen molar-refractivity contribution in [2.24, 2.45) is 5.41 Å². The molecular weight excluding hydrogens is 346 g/mol. The number of fused-ring (bicyclic) bond motifs is 1. The fourth-order valence-electron chi connectivity index (χ4n) is 4.09. The maximum atomic E-state index is 12.8. The van der Waals surface area contributed by atoms with Gasteiger partial charge in [-0.05, 0) is 50.3 Å². The van der Waals surface area contributed by atoms with Crippen molar-refractivity contribution >= 4 is 11.9 Å². The van der Waals surface area contributed by atoms with Gasteiger partial charge in [0.1, 0.15) is 5.41 Å². The van der Waals surface area contributed by atoms with Gasteiger partial charge in [-0.15, -0.1) is 0 Å². The maximum Gasteiger partial charge on any atom is 0.318 e. The SMILES string of the molecule is CCOC(=O)[C@]12CCCC=C1N(Cc1ccc(OC)c(OC)c1)C(=O)CC2. The molecule has 146 valence electrons. The van der Waals surface area contributed by atoms with Crippen LogP contribution in [0.2, 0.25) is 0 Å². The van der Waals surface area contributed by atoms with Crippen LogP contribution >= 0.6 is 0 Å². The molecule has 1 saturated heterocycles. The van der Waals surface area contributed by atoms with Crippen LogP contribution < -0.4 is 9.47 Å². The quantitative estimate of drug-likeness (QED) is 0.715. The van der Waals surface area contributed by atoms with E-state index in [4.69, 9.17) is 14.2 Å². The van der Waals surface area contributed by atoms with Crippen LogP contribution in [0.1, 0.15) is 44.6 Å². The van der Waals surface area contributed by atoms with Crippen molar-refractivity contribution in [3.63, 3.8) is 0 Å². The van der Waals surface area contributed by atoms with E-state index in [1.165, 1.54) is 0 Å². The second-order valence-corrected chi connectivity index (χ2v) is 6.95. The molecule has 0 unspecified atom stereocenters. The molecule has 27 heavy (non-hydrogen) atoms. The first-order chi connectivity index (χ1) is 13.1. The van der Waals surface area contributed by atoms with E-state index in [-0.39, 0.29) is 11.9 Å². The van der Waals surface area contributed by atoms with Gasteiger partial charge in [0, 0.05) is 12.1 Å². The Morgan fingerprint density at radius 3 is 2.67 bits per heavy atom. The summed E-state index contributed by atoms with van der Waals surface area (Å²) in [5, 5.41) is 0. The van der Waals surface area contributed by atoms with Crippen molar-refractivity contribution in [3.05, 3.63) is 35.5 Å². The van der Waals surface area contributed by atoms with Gasteiger partial charge in [-0.25, -0.2) is 0 Å². The smallest absolute Gasteiger partial charge is 0.318 e. The number of piperidine rings is 1. The van der Waals surface area contributed by atoms with Crippen LogP contribution in [-0.4, -0.2) is 37.6 Å². The Kier molecular flexibility index (Phi) is 5.73. The minimum atomic E-state index is -0.696. The lowest BCUT2D eigenvalue weighted by Gasteiger charge is -2.45. The number of methoxy groups -OCH3 is 2. The van der Waals surface area contributed by atoms with Crippen LogP contribution in [0.15, 0.2) is 30.0 Å². The zero-order valence-electron chi connectivity index (χ0n) is 16.2. The summed E-state index contributed by atoms with van der Waals surface area (Å²) in [4.78, 5) is 27.3. The minimum absolute atomic E-state index is 0.0397. The van der Waals surface area contributed by atoms with E-state index < -0.39 is 5.41 Å². The van der Waals surface area contributed by atoms with Crippen LogP contribution in [0.3, 0.4) is 0 Å². The number of ether oxygens (including phenoxy) is 3. The Morgan fingerprint density at radius 2 is 1.96 bits per heavy atom. The van der Waals surface area contributed by atoms with Gasteiger partial charge in [-0.1, -0.05) is 12.1 Å². The third-order valence-corrected chi connectivity index (χ3v) is 5.45. The average Bonchev–Trinajstić information content (AvgIpc) is 2.70. The maximum absolute atomic E-state index is 12.8. The van der Waals surface area contributed by atoms with Crippen molar-refractivity contribution in [3.8, 4) is 11.5 Å². The van der Waals surface area contributed by atoms with Crippen molar-refractivity contribution in [2.45, 2.75) is 45.6 Å². The lowest BCUT2D eigenvalue weighted by atomic mass is 9.69. The summed E-state index contributed by atoms with van der Waals surface area (Å²) >= 11 is 0. The number of esters is 1. The first kappa shape index (κ1) is 19.3. The highest BCUT2D eigenvalue weighted by molar-refractivity contribution is 5.88. The summed E-state index contributed by atoms with van der Waals surface area (Å²) in [7, 11) is 3.18. The molecule has 1 aromatic carbocycles. The van der Waals surface area contributed by atoms with Crippen molar-refractivity contribution < 1.29 is 23.8 Å². The Bertz CT molecular complexity index is 757. The highest BCUT2D eigenvalue weighted by Crippen LogP contribution is 2.48. The molecule has 3 rings (SSSR count). The molecule has 1 aliphatic carbocycles. The predicted octanol–water partition coefficient (Wildman–Crippen LogP) is 3.44. The van der Waals surface area contributed by atoms with Gasteiger partial charge < -0.3 is 19.1 Å². The van der Waals surface area contributed by atoms with Gasteiger partial charge in [-0.2, -0.15) is 0 Å². The van der Waals surface area contributed by atoms with Crippen LogP contribution in [0.25, 0.3) is 0 Å². The van der Waals surface area contributed by atoms with Crippen molar-refractivity contribution in [1.29, 1.82) is 0 Å². The van der Waals surface area contributed by atoms with E-state index in [0.29, 0.717) is 37.5 Å². The number of likely N-dealkylation sites (tertiary alicyclic amines) is 1. The summed E-state index contributed by atoms with van der Waals surface area (Å²) in [6.45, 7) is 2.56. The molecule has 0 aromatic heterocycles. The van der Waals surface area contributed by atoms with Crippen molar-refractivity contribution in [2.75, 3.05) is 20.8 Å². The van der Waals surface area contributed by atoms with E-state index >= 15 is 0 Å². The molecule has 1 aliphatic heterocycles. The second kappa shape index (κ2) is 8.03. The molecule has 0 bridgehead atoms. The molecule has 6 nitrogen and oxygen atoms in total. The Labute approximate surface area is 160 Å². The molecule has 2 aliphatic rings. The monoisotopic (exact) mass is 373 g/mol. The van der Waals surface area contributed by atoms with E-state index in [1.54, 1.807) is 19.1 Å². The molecule has 1 amide bonds. The van der Waals surface area contributed by atoms with E-state index in [1.807, 2.05) is 31.2 Å². The molecule has 1 heterocycles. The molecule has 1 fully saturated rings. The largest absolute Gasteiger partial charge is 0.493 e. The number of amides is 1. The highest BCUT2D eigenvalue weighted by Gasteiger charge is 2.50. The van der Waals surface area contributed by atoms with Gasteiger partial charge in [0.2, 0.25) is 5.91 Å². The summed E-state index contributed by atoms with van der Waals surface area (Å²) in [6.07, 6.45) is 5.45. The summed E-state index contributed by atoms with van der Waals surface area (Å²) in [6, 6.07) is 5.62. The standard InChI is InChI=1S/C21H27NO5/c1-4-27-20(24)21-11-6-5-7-18(21)22(19(23)10-12-21)14-15-8-9-16(25-2)17(13-15)26-3/h7-9,13H,4-6,10-12,14H2,1-3H3/t21-/m0/s1. The average molecular weight is 373 g/mol. The number of hydrogen-bond acceptors (Lipinski definition) is 5. The van der Waals surface area contributed by atoms with E-state index in [2.05, 4.69) is 0 Å². The number of allylic oxidation sites excluding steroid dienone is 1. The van der Waals surface area contributed by atoms with E-state index in [9.17, 15) is 9.59 Å². The van der Waals surface area contributed by atoms with Crippen LogP contribution in [0.4, 0.5) is 0 Å². The van der Waals surface area contributed by atoms with Crippen LogP contribution in [0.5, 0.6) is 11.5 Å². The van der Waals surface area contributed by atoms with Gasteiger partial charge in [0.15, 0.2) is 11.5 Å². The Balaban J connectivity index is 1.93. The molecular formula is C21H27NO5. The second-order valence-electron chi connectivity index (χ2n) is 6.95. The molecule has 1 aromatic rings. The summed E-state index contributed by atoms with van der Waals surface area (Å²) in [5.74, 6) is 1.09. The molecule has 0 saturated carbocycles. The topological polar surface area (TPSA) is 65.1 Å². The predicted molar refractivity (Wildman–Crippen MR) is 100 cm³/mol. The molecule has 0 spiro atoms. The van der Waals surface area contributed by atoms with Crippen LogP contribution in [-0.2, 0) is 20.9 Å². The Hall–Kier alpha value is -2.50. The van der Waals surface area contributed by atoms with E-state index in [0.717, 1.165) is 30.5 Å². The van der Waals surface area contributed by atoms with Crippen LogP contribution in [0, 0.1) is 5.41 Å². The Morgan fingerprint density at radius 1 is 1.19 bits per heavy atom. The van der Waals surface area contributed by atoms with Gasteiger partial charge in [0.05, 0.1) is 27.4 Å². The number of carbonyl (C=O) groups excluding carboxylic acids is 2. The molecule has 6 heteroatoms. The number of nitrogens with zero attached hydrogens (tertiary/aromatic N) is 1. The first-order valence-corrected chi connectivity index (χ1v) is 9.45. The zero-order valence-corrected chi connectivity index (χ0v) is 16.2. The highest BCUT2D eigenvalue weighted by atomic mass is 16.5. The third kappa shape index (κ3) is 3.53. The lowest BCUT2D eigenvalue weighted by molar-refractivity contribution is -0.159. The first-order valence-electron chi connectivity index (χ1n) is 9.45. The van der Waals surface area contributed by atoms with Gasteiger partial charge in [-0.3, -0.25) is 9.59 Å². The number of hydrogen-bond donors (Lipinski definition) is 0. The van der Waals surface area contributed by atoms with Crippen molar-refractivity contribution in [1.82, 2.24) is 4.90 Å². The van der Waals surface area contributed by atoms with Gasteiger partial charge in [0.25, 0.3) is 0 Å². The zero-order chi connectivity index (χ0) is 19.4. The normalized spacial score (nSPS) is 22.0. The molecule has 0 N–H and O–H groups in total. The number of rotatable bonds is 6. The third-order valence-electron chi connectivity index (χ3n) is 5.45. The lowest BCUT2D eigenvalue weighted by Crippen LogP contribution is -2.49. The summed E-state index contributed by atoms with van der Waals surface area (Å²) < 4.78 is 16.0. The fraction of sp³-hybridized carbons (Fsp3) is 0.524. The minimum Gasteiger partial charge on any atom is -0.493 e. The fourth-order valence-corrected chi connectivity index (χ4v) is 4.09.